The maximum absolute atomic E-state index is 12.5. The zero-order valence-electron chi connectivity index (χ0n) is 14.7. The fourth-order valence-electron chi connectivity index (χ4n) is 2.83. The number of hydrogen-bond acceptors (Lipinski definition) is 4. The number of aliphatic carboxylic acids is 1. The molecule has 0 aliphatic carbocycles. The Hall–Kier alpha value is -2.24. The molecule has 1 atom stereocenters. The van der Waals surface area contributed by atoms with E-state index >= 15 is 0 Å². The molecule has 0 bridgehead atoms. The summed E-state index contributed by atoms with van der Waals surface area (Å²) in [6, 6.07) is 4.20. The highest BCUT2D eigenvalue weighted by molar-refractivity contribution is 5.81. The van der Waals surface area contributed by atoms with E-state index < -0.39 is 12.5 Å². The van der Waals surface area contributed by atoms with Gasteiger partial charge in [0.15, 0.2) is 11.5 Å². The zero-order valence-corrected chi connectivity index (χ0v) is 14.7. The number of rotatable bonds is 7. The summed E-state index contributed by atoms with van der Waals surface area (Å²) in [6.07, 6.45) is 1.13. The van der Waals surface area contributed by atoms with Crippen molar-refractivity contribution in [3.05, 3.63) is 23.8 Å². The molecule has 3 N–H and O–H groups in total. The van der Waals surface area contributed by atoms with Crippen molar-refractivity contribution in [2.75, 3.05) is 6.54 Å². The van der Waals surface area contributed by atoms with Crippen LogP contribution in [0, 0.1) is 11.3 Å². The number of carboxylic acids is 1. The molecule has 24 heavy (non-hydrogen) atoms. The van der Waals surface area contributed by atoms with Crippen molar-refractivity contribution in [1.29, 1.82) is 0 Å². The molecule has 1 rings (SSSR count). The minimum absolute atomic E-state index is 0.0706. The van der Waals surface area contributed by atoms with E-state index in [4.69, 9.17) is 5.11 Å². The molecule has 1 aromatic rings. The van der Waals surface area contributed by atoms with Crippen LogP contribution in [0.2, 0.25) is 0 Å². The molecule has 134 valence electrons. The van der Waals surface area contributed by atoms with Gasteiger partial charge in [-0.25, -0.2) is 0 Å². The predicted octanol–water partition coefficient (Wildman–Crippen LogP) is 2.97. The van der Waals surface area contributed by atoms with Gasteiger partial charge in [0.2, 0.25) is 5.91 Å². The fraction of sp³-hybridized carbons (Fsp3) is 0.556. The lowest BCUT2D eigenvalue weighted by Gasteiger charge is -2.26. The highest BCUT2D eigenvalue weighted by Gasteiger charge is 2.22. The summed E-state index contributed by atoms with van der Waals surface area (Å²) in [7, 11) is 0. The summed E-state index contributed by atoms with van der Waals surface area (Å²) >= 11 is 0. The van der Waals surface area contributed by atoms with Gasteiger partial charge in [0, 0.05) is 13.0 Å². The Labute approximate surface area is 142 Å². The van der Waals surface area contributed by atoms with E-state index in [1.807, 2.05) is 6.92 Å². The van der Waals surface area contributed by atoms with Gasteiger partial charge in [-0.05, 0) is 35.4 Å². The van der Waals surface area contributed by atoms with E-state index in [0.29, 0.717) is 5.56 Å². The average molecular weight is 337 g/mol. The molecule has 6 heteroatoms. The second kappa shape index (κ2) is 8.04. The topological polar surface area (TPSA) is 98.1 Å². The summed E-state index contributed by atoms with van der Waals surface area (Å²) in [5, 5.41) is 27.9. The summed E-state index contributed by atoms with van der Waals surface area (Å²) in [5.74, 6) is -1.73. The first kappa shape index (κ1) is 19.8. The Balaban J connectivity index is 2.81. The number of carbonyl (C=O) groups is 2. The van der Waals surface area contributed by atoms with E-state index in [-0.39, 0.29) is 41.7 Å². The number of amides is 1. The van der Waals surface area contributed by atoms with Gasteiger partial charge in [-0.3, -0.25) is 9.59 Å². The largest absolute Gasteiger partial charge is 0.504 e. The van der Waals surface area contributed by atoms with E-state index in [9.17, 15) is 19.8 Å². The molecule has 6 nitrogen and oxygen atoms in total. The van der Waals surface area contributed by atoms with Crippen LogP contribution in [-0.4, -0.2) is 38.6 Å². The highest BCUT2D eigenvalue weighted by atomic mass is 16.4. The number of phenols is 2. The Bertz CT molecular complexity index is 592. The van der Waals surface area contributed by atoms with E-state index in [1.165, 1.54) is 17.0 Å². The third-order valence-electron chi connectivity index (χ3n) is 3.58. The first-order valence-corrected chi connectivity index (χ1v) is 7.98. The minimum Gasteiger partial charge on any atom is -0.504 e. The lowest BCUT2D eigenvalue weighted by Crippen LogP contribution is -2.36. The molecule has 1 unspecified atom stereocenters. The summed E-state index contributed by atoms with van der Waals surface area (Å²) < 4.78 is 0. The van der Waals surface area contributed by atoms with Gasteiger partial charge in [0.25, 0.3) is 0 Å². The quantitative estimate of drug-likeness (QED) is 0.665. The zero-order chi connectivity index (χ0) is 18.5. The van der Waals surface area contributed by atoms with Crippen molar-refractivity contribution in [2.45, 2.75) is 47.1 Å². The van der Waals surface area contributed by atoms with E-state index in [1.54, 1.807) is 6.07 Å². The Morgan fingerprint density at radius 2 is 1.79 bits per heavy atom. The van der Waals surface area contributed by atoms with Crippen molar-refractivity contribution >= 4 is 11.9 Å². The Kier molecular flexibility index (Phi) is 6.63. The number of phenolic OH excluding ortho intramolecular Hbond substituents is 2. The van der Waals surface area contributed by atoms with Gasteiger partial charge in [-0.2, -0.15) is 0 Å². The maximum Gasteiger partial charge on any atom is 0.323 e. The van der Waals surface area contributed by atoms with E-state index in [2.05, 4.69) is 20.8 Å². The first-order valence-electron chi connectivity index (χ1n) is 7.98. The summed E-state index contributed by atoms with van der Waals surface area (Å²) in [6.45, 7) is 7.95. The lowest BCUT2D eigenvalue weighted by atomic mass is 9.84. The van der Waals surface area contributed by atoms with Gasteiger partial charge in [0.1, 0.15) is 6.54 Å². The fourth-order valence-corrected chi connectivity index (χ4v) is 2.83. The second-order valence-electron chi connectivity index (χ2n) is 7.54. The number of carboxylic acid groups (broad SMARTS) is 1. The van der Waals surface area contributed by atoms with Crippen LogP contribution in [0.25, 0.3) is 0 Å². The lowest BCUT2D eigenvalue weighted by molar-refractivity contribution is -0.145. The third kappa shape index (κ3) is 6.89. The van der Waals surface area contributed by atoms with Gasteiger partial charge in [-0.1, -0.05) is 33.8 Å². The molecular weight excluding hydrogens is 310 g/mol. The normalized spacial score (nSPS) is 12.7. The number of nitrogens with zero attached hydrogens (tertiary/aromatic N) is 1. The number of hydrogen-bond donors (Lipinski definition) is 3. The van der Waals surface area contributed by atoms with Gasteiger partial charge < -0.3 is 20.2 Å². The molecule has 0 aliphatic rings. The minimum atomic E-state index is -1.09. The standard InChI is InChI=1S/C18H27NO5/c1-12(9-18(2,3)4)7-16(22)19(11-17(23)24)10-13-5-6-14(20)15(21)8-13/h5-6,8,12,20-21H,7,9-11H2,1-4H3,(H,23,24). The summed E-state index contributed by atoms with van der Waals surface area (Å²) in [5.41, 5.74) is 0.656. The predicted molar refractivity (Wildman–Crippen MR) is 90.7 cm³/mol. The molecule has 0 aliphatic heterocycles. The monoisotopic (exact) mass is 337 g/mol. The SMILES string of the molecule is CC(CC(=O)N(CC(=O)O)Cc1ccc(O)c(O)c1)CC(C)(C)C. The number of aromatic hydroxyl groups is 2. The molecule has 0 fully saturated rings. The van der Waals surface area contributed by atoms with Gasteiger partial charge in [0.05, 0.1) is 0 Å². The molecular formula is C18H27NO5. The maximum atomic E-state index is 12.5. The second-order valence-corrected chi connectivity index (χ2v) is 7.54. The van der Waals surface area contributed by atoms with Crippen molar-refractivity contribution in [3.8, 4) is 11.5 Å². The van der Waals surface area contributed by atoms with Crippen molar-refractivity contribution in [2.24, 2.45) is 11.3 Å². The number of benzene rings is 1. The van der Waals surface area contributed by atoms with Crippen LogP contribution in [-0.2, 0) is 16.1 Å². The smallest absolute Gasteiger partial charge is 0.323 e. The van der Waals surface area contributed by atoms with Gasteiger partial charge in [-0.15, -0.1) is 0 Å². The molecule has 1 aromatic carbocycles. The van der Waals surface area contributed by atoms with Crippen LogP contribution >= 0.6 is 0 Å². The van der Waals surface area contributed by atoms with Crippen LogP contribution in [0.5, 0.6) is 11.5 Å². The summed E-state index contributed by atoms with van der Waals surface area (Å²) in [4.78, 5) is 24.8. The van der Waals surface area contributed by atoms with Crippen LogP contribution in [0.4, 0.5) is 0 Å². The Morgan fingerprint density at radius 3 is 2.29 bits per heavy atom. The molecule has 0 spiro atoms. The Morgan fingerprint density at radius 1 is 1.17 bits per heavy atom. The number of carbonyl (C=O) groups excluding carboxylic acids is 1. The molecule has 0 radical (unpaired) electrons. The first-order chi connectivity index (χ1) is 11.0. The van der Waals surface area contributed by atoms with Gasteiger partial charge >= 0.3 is 5.97 Å². The van der Waals surface area contributed by atoms with Crippen molar-refractivity contribution in [1.82, 2.24) is 4.90 Å². The molecule has 0 saturated heterocycles. The molecule has 0 saturated carbocycles. The van der Waals surface area contributed by atoms with E-state index in [0.717, 1.165) is 6.42 Å². The molecule has 0 aromatic heterocycles. The van der Waals surface area contributed by atoms with Crippen molar-refractivity contribution in [3.63, 3.8) is 0 Å². The van der Waals surface area contributed by atoms with Crippen LogP contribution in [0.3, 0.4) is 0 Å². The van der Waals surface area contributed by atoms with Crippen molar-refractivity contribution < 1.29 is 24.9 Å². The third-order valence-corrected chi connectivity index (χ3v) is 3.58. The van der Waals surface area contributed by atoms with Crippen LogP contribution < -0.4 is 0 Å². The van der Waals surface area contributed by atoms with Crippen LogP contribution in [0.1, 0.15) is 46.1 Å². The van der Waals surface area contributed by atoms with Crippen LogP contribution in [0.15, 0.2) is 18.2 Å². The highest BCUT2D eigenvalue weighted by Crippen LogP contribution is 2.28. The molecule has 0 heterocycles. The average Bonchev–Trinajstić information content (AvgIpc) is 2.39. The molecule has 1 amide bonds.